The molecule has 0 amide bonds. The third kappa shape index (κ3) is 4.18. The Morgan fingerprint density at radius 1 is 1.27 bits per heavy atom. The molecule has 0 aliphatic heterocycles. The number of hydrogen-bond acceptors (Lipinski definition) is 4. The molecule has 5 heteroatoms. The molecular formula is C17H23N3O2. The van der Waals surface area contributed by atoms with E-state index in [2.05, 4.69) is 30.7 Å². The van der Waals surface area contributed by atoms with Crippen molar-refractivity contribution in [1.29, 1.82) is 0 Å². The highest BCUT2D eigenvalue weighted by Crippen LogP contribution is 2.24. The number of ether oxygens (including phenoxy) is 1. The first-order valence-corrected chi connectivity index (χ1v) is 7.35. The Kier molecular flexibility index (Phi) is 4.66. The normalized spacial score (nSPS) is 13.0. The molecule has 1 aromatic carbocycles. The predicted octanol–water partition coefficient (Wildman–Crippen LogP) is 2.67. The van der Waals surface area contributed by atoms with E-state index in [9.17, 15) is 4.79 Å². The topological polar surface area (TPSA) is 81.0 Å². The summed E-state index contributed by atoms with van der Waals surface area (Å²) in [6, 6.07) is 9.06. The van der Waals surface area contributed by atoms with Crippen molar-refractivity contribution < 1.29 is 4.74 Å². The monoisotopic (exact) mass is 301 g/mol. The first-order valence-electron chi connectivity index (χ1n) is 7.35. The molecule has 1 atom stereocenters. The number of nitrogens with one attached hydrogen (secondary N) is 1. The number of rotatable bonds is 4. The zero-order chi connectivity index (χ0) is 16.3. The highest BCUT2D eigenvalue weighted by atomic mass is 16.5. The van der Waals surface area contributed by atoms with Crippen LogP contribution in [-0.2, 0) is 12.0 Å². The van der Waals surface area contributed by atoms with Crippen molar-refractivity contribution in [2.24, 2.45) is 5.73 Å². The molecule has 22 heavy (non-hydrogen) atoms. The van der Waals surface area contributed by atoms with Crippen molar-refractivity contribution in [3.63, 3.8) is 0 Å². The van der Waals surface area contributed by atoms with Crippen LogP contribution in [0.3, 0.4) is 0 Å². The van der Waals surface area contributed by atoms with E-state index in [-0.39, 0.29) is 23.6 Å². The standard InChI is InChI=1S/C17H23N3O2/c1-11(18)14-9-16(21)20-15(19-14)10-22-13-7-5-12(6-8-13)17(2,3)4/h5-9,11H,10,18H2,1-4H3,(H,19,20,21). The summed E-state index contributed by atoms with van der Waals surface area (Å²) in [6.45, 7) is 8.48. The number of hydrogen-bond donors (Lipinski definition) is 2. The number of aromatic amines is 1. The number of nitrogens with two attached hydrogens (primary N) is 1. The lowest BCUT2D eigenvalue weighted by atomic mass is 9.87. The largest absolute Gasteiger partial charge is 0.486 e. The van der Waals surface area contributed by atoms with Gasteiger partial charge in [-0.05, 0) is 30.0 Å². The average molecular weight is 301 g/mol. The van der Waals surface area contributed by atoms with Crippen molar-refractivity contribution in [3.8, 4) is 5.75 Å². The molecule has 0 radical (unpaired) electrons. The Labute approximate surface area is 130 Å². The van der Waals surface area contributed by atoms with E-state index in [0.717, 1.165) is 5.75 Å². The zero-order valence-corrected chi connectivity index (χ0v) is 13.5. The highest BCUT2D eigenvalue weighted by molar-refractivity contribution is 5.31. The molecule has 0 aliphatic rings. The molecule has 1 unspecified atom stereocenters. The summed E-state index contributed by atoms with van der Waals surface area (Å²) in [7, 11) is 0. The van der Waals surface area contributed by atoms with Gasteiger partial charge in [0, 0.05) is 12.1 Å². The molecule has 0 spiro atoms. The van der Waals surface area contributed by atoms with Crippen LogP contribution in [0.2, 0.25) is 0 Å². The van der Waals surface area contributed by atoms with E-state index in [1.165, 1.54) is 11.6 Å². The summed E-state index contributed by atoms with van der Waals surface area (Å²) in [6.07, 6.45) is 0. The molecular weight excluding hydrogens is 278 g/mol. The molecule has 1 aromatic heterocycles. The molecule has 118 valence electrons. The molecule has 1 heterocycles. The van der Waals surface area contributed by atoms with Crippen LogP contribution in [0.15, 0.2) is 35.1 Å². The molecule has 0 aliphatic carbocycles. The second kappa shape index (κ2) is 6.32. The van der Waals surface area contributed by atoms with E-state index in [1.54, 1.807) is 6.92 Å². The first-order chi connectivity index (χ1) is 10.3. The maximum Gasteiger partial charge on any atom is 0.251 e. The van der Waals surface area contributed by atoms with Gasteiger partial charge in [-0.1, -0.05) is 32.9 Å². The molecule has 0 saturated carbocycles. The van der Waals surface area contributed by atoms with Crippen molar-refractivity contribution >= 4 is 0 Å². The summed E-state index contributed by atoms with van der Waals surface area (Å²) in [5.74, 6) is 1.21. The van der Waals surface area contributed by atoms with Gasteiger partial charge in [0.25, 0.3) is 5.56 Å². The average Bonchev–Trinajstić information content (AvgIpc) is 2.44. The molecule has 2 rings (SSSR count). The van der Waals surface area contributed by atoms with Gasteiger partial charge < -0.3 is 15.5 Å². The number of H-pyrrole nitrogens is 1. The van der Waals surface area contributed by atoms with Gasteiger partial charge in [0.1, 0.15) is 18.2 Å². The lowest BCUT2D eigenvalue weighted by Gasteiger charge is -2.19. The minimum atomic E-state index is -0.285. The van der Waals surface area contributed by atoms with E-state index in [0.29, 0.717) is 11.5 Å². The number of benzene rings is 1. The second-order valence-corrected chi connectivity index (χ2v) is 6.47. The van der Waals surface area contributed by atoms with Crippen LogP contribution in [-0.4, -0.2) is 9.97 Å². The molecule has 0 bridgehead atoms. The second-order valence-electron chi connectivity index (χ2n) is 6.47. The maximum absolute atomic E-state index is 11.6. The van der Waals surface area contributed by atoms with Crippen LogP contribution in [0.25, 0.3) is 0 Å². The quantitative estimate of drug-likeness (QED) is 0.909. The Morgan fingerprint density at radius 2 is 1.91 bits per heavy atom. The van der Waals surface area contributed by atoms with Crippen LogP contribution in [0.5, 0.6) is 5.75 Å². The van der Waals surface area contributed by atoms with Crippen molar-refractivity contribution in [2.75, 3.05) is 0 Å². The Bertz CT molecular complexity index is 682. The van der Waals surface area contributed by atoms with Gasteiger partial charge in [0.2, 0.25) is 0 Å². The molecule has 0 fully saturated rings. The van der Waals surface area contributed by atoms with Gasteiger partial charge in [-0.15, -0.1) is 0 Å². The molecule has 2 aromatic rings. The smallest absolute Gasteiger partial charge is 0.251 e. The summed E-state index contributed by atoms with van der Waals surface area (Å²) < 4.78 is 5.68. The van der Waals surface area contributed by atoms with Crippen molar-refractivity contribution in [2.45, 2.75) is 45.8 Å². The third-order valence-corrected chi connectivity index (χ3v) is 3.37. The zero-order valence-electron chi connectivity index (χ0n) is 13.5. The molecule has 5 nitrogen and oxygen atoms in total. The lowest BCUT2D eigenvalue weighted by Crippen LogP contribution is -2.18. The van der Waals surface area contributed by atoms with Crippen molar-refractivity contribution in [3.05, 3.63) is 57.8 Å². The summed E-state index contributed by atoms with van der Waals surface area (Å²) >= 11 is 0. The fraction of sp³-hybridized carbons (Fsp3) is 0.412. The summed E-state index contributed by atoms with van der Waals surface area (Å²) in [5, 5.41) is 0. The summed E-state index contributed by atoms with van der Waals surface area (Å²) in [5.41, 5.74) is 7.45. The molecule has 0 saturated heterocycles. The van der Waals surface area contributed by atoms with Crippen molar-refractivity contribution in [1.82, 2.24) is 9.97 Å². The van der Waals surface area contributed by atoms with Crippen LogP contribution < -0.4 is 16.0 Å². The van der Waals surface area contributed by atoms with Crippen LogP contribution in [0.4, 0.5) is 0 Å². The predicted molar refractivity (Wildman–Crippen MR) is 86.9 cm³/mol. The fourth-order valence-corrected chi connectivity index (χ4v) is 2.03. The SMILES string of the molecule is CC(N)c1cc(=O)[nH]c(COc2ccc(C(C)(C)C)cc2)n1. The minimum absolute atomic E-state index is 0.108. The van der Waals surface area contributed by atoms with E-state index in [1.807, 2.05) is 24.3 Å². The maximum atomic E-state index is 11.6. The van der Waals surface area contributed by atoms with Crippen LogP contribution in [0.1, 0.15) is 50.8 Å². The van der Waals surface area contributed by atoms with Crippen LogP contribution >= 0.6 is 0 Å². The highest BCUT2D eigenvalue weighted by Gasteiger charge is 2.13. The van der Waals surface area contributed by atoms with Gasteiger partial charge in [-0.3, -0.25) is 4.79 Å². The summed E-state index contributed by atoms with van der Waals surface area (Å²) in [4.78, 5) is 18.5. The van der Waals surface area contributed by atoms with E-state index in [4.69, 9.17) is 10.5 Å². The van der Waals surface area contributed by atoms with Crippen LogP contribution in [0, 0.1) is 0 Å². The lowest BCUT2D eigenvalue weighted by molar-refractivity contribution is 0.294. The van der Waals surface area contributed by atoms with Gasteiger partial charge in [-0.25, -0.2) is 4.98 Å². The van der Waals surface area contributed by atoms with E-state index < -0.39 is 0 Å². The van der Waals surface area contributed by atoms with E-state index >= 15 is 0 Å². The Balaban J connectivity index is 2.09. The van der Waals surface area contributed by atoms with Gasteiger partial charge in [0.15, 0.2) is 0 Å². The van der Waals surface area contributed by atoms with Gasteiger partial charge >= 0.3 is 0 Å². The third-order valence-electron chi connectivity index (χ3n) is 3.37. The van der Waals surface area contributed by atoms with Gasteiger partial charge in [-0.2, -0.15) is 0 Å². The minimum Gasteiger partial charge on any atom is -0.486 e. The van der Waals surface area contributed by atoms with Gasteiger partial charge in [0.05, 0.1) is 5.69 Å². The fourth-order valence-electron chi connectivity index (χ4n) is 2.03. The number of aromatic nitrogens is 2. The first kappa shape index (κ1) is 16.2. The Hall–Kier alpha value is -2.14. The Morgan fingerprint density at radius 3 is 2.45 bits per heavy atom. The molecule has 3 N–H and O–H groups in total. The number of nitrogens with zero attached hydrogens (tertiary/aromatic N) is 1.